The van der Waals surface area contributed by atoms with E-state index >= 15 is 0 Å². The number of hydrogen-bond donors (Lipinski definition) is 1. The third-order valence-corrected chi connectivity index (χ3v) is 5.04. The van der Waals surface area contributed by atoms with Crippen LogP contribution < -0.4 is 5.32 Å². The Kier molecular flexibility index (Phi) is 3.83. The molecule has 0 unspecified atom stereocenters. The predicted octanol–water partition coefficient (Wildman–Crippen LogP) is 3.57. The lowest BCUT2D eigenvalue weighted by Crippen LogP contribution is -2.34. The van der Waals surface area contributed by atoms with Crippen LogP contribution in [0.5, 0.6) is 0 Å². The molecule has 0 spiro atoms. The zero-order valence-corrected chi connectivity index (χ0v) is 12.7. The fraction of sp³-hybridized carbons (Fsp3) is 0.600. The smallest absolute Gasteiger partial charge is 0.154 e. The van der Waals surface area contributed by atoms with Crippen molar-refractivity contribution in [2.45, 2.75) is 32.1 Å². The molecule has 0 radical (unpaired) electrons. The van der Waals surface area contributed by atoms with Gasteiger partial charge in [-0.1, -0.05) is 19.3 Å². The van der Waals surface area contributed by atoms with Gasteiger partial charge in [-0.15, -0.1) is 11.6 Å². The van der Waals surface area contributed by atoms with E-state index in [0.29, 0.717) is 0 Å². The summed E-state index contributed by atoms with van der Waals surface area (Å²) in [6.45, 7) is 0.888. The maximum absolute atomic E-state index is 6.25. The van der Waals surface area contributed by atoms with Crippen LogP contribution >= 0.6 is 11.6 Å². The summed E-state index contributed by atoms with van der Waals surface area (Å²) in [6, 6.07) is 1.99. The molecule has 5 heteroatoms. The number of alkyl halides is 1. The molecule has 2 heterocycles. The van der Waals surface area contributed by atoms with Crippen LogP contribution in [0.25, 0.3) is 11.0 Å². The van der Waals surface area contributed by atoms with Gasteiger partial charge in [-0.05, 0) is 18.9 Å². The van der Waals surface area contributed by atoms with Crippen molar-refractivity contribution in [2.75, 3.05) is 17.7 Å². The highest BCUT2D eigenvalue weighted by Crippen LogP contribution is 2.37. The van der Waals surface area contributed by atoms with Gasteiger partial charge in [-0.2, -0.15) is 0 Å². The Balaban J connectivity index is 1.79. The number of fused-ring (bicyclic) bond motifs is 1. The van der Waals surface area contributed by atoms with Crippen LogP contribution in [-0.2, 0) is 7.05 Å². The van der Waals surface area contributed by atoms with Gasteiger partial charge in [0.25, 0.3) is 0 Å². The summed E-state index contributed by atoms with van der Waals surface area (Å²) in [5.41, 5.74) is 2.26. The van der Waals surface area contributed by atoms with Gasteiger partial charge in [0.15, 0.2) is 5.82 Å². The first-order valence-corrected chi connectivity index (χ1v) is 7.83. The van der Waals surface area contributed by atoms with Gasteiger partial charge in [0, 0.05) is 31.1 Å². The molecule has 2 aromatic heterocycles. The van der Waals surface area contributed by atoms with Gasteiger partial charge in [0.05, 0.1) is 11.8 Å². The topological polar surface area (TPSA) is 42.7 Å². The lowest BCUT2D eigenvalue weighted by molar-refractivity contribution is 0.238. The van der Waals surface area contributed by atoms with Crippen molar-refractivity contribution in [3.63, 3.8) is 0 Å². The summed E-state index contributed by atoms with van der Waals surface area (Å²) in [7, 11) is 2.00. The van der Waals surface area contributed by atoms with Crippen LogP contribution in [0.2, 0.25) is 0 Å². The first-order chi connectivity index (χ1) is 9.74. The van der Waals surface area contributed by atoms with Gasteiger partial charge >= 0.3 is 0 Å². The van der Waals surface area contributed by atoms with Gasteiger partial charge in [-0.3, -0.25) is 0 Å². The minimum Gasteiger partial charge on any atom is -0.368 e. The maximum Gasteiger partial charge on any atom is 0.154 e. The summed E-state index contributed by atoms with van der Waals surface area (Å²) in [6.07, 6.45) is 10.00. The Labute approximate surface area is 124 Å². The number of nitrogens with one attached hydrogen (secondary N) is 1. The van der Waals surface area contributed by atoms with E-state index < -0.39 is 0 Å². The van der Waals surface area contributed by atoms with E-state index in [9.17, 15) is 0 Å². The second-order valence-electron chi connectivity index (χ2n) is 5.93. The summed E-state index contributed by atoms with van der Waals surface area (Å²) >= 11 is 6.25. The van der Waals surface area contributed by atoms with Gasteiger partial charge in [0.2, 0.25) is 0 Å². The predicted molar refractivity (Wildman–Crippen MR) is 83.2 cm³/mol. The Morgan fingerprint density at radius 3 is 2.85 bits per heavy atom. The average molecular weight is 293 g/mol. The van der Waals surface area contributed by atoms with Gasteiger partial charge < -0.3 is 9.88 Å². The van der Waals surface area contributed by atoms with Crippen LogP contribution in [0, 0.1) is 5.41 Å². The Bertz CT molecular complexity index is 587. The largest absolute Gasteiger partial charge is 0.368 e. The van der Waals surface area contributed by atoms with Crippen LogP contribution in [0.1, 0.15) is 32.1 Å². The summed E-state index contributed by atoms with van der Waals surface area (Å²) in [5, 5.41) is 3.49. The summed E-state index contributed by atoms with van der Waals surface area (Å²) < 4.78 is 2.01. The van der Waals surface area contributed by atoms with Crippen LogP contribution in [-0.4, -0.2) is 27.0 Å². The maximum atomic E-state index is 6.25. The third-order valence-electron chi connectivity index (χ3n) is 4.47. The Morgan fingerprint density at radius 1 is 1.30 bits per heavy atom. The third kappa shape index (κ3) is 2.49. The summed E-state index contributed by atoms with van der Waals surface area (Å²) in [4.78, 5) is 8.88. The molecule has 0 bridgehead atoms. The molecule has 1 saturated carbocycles. The van der Waals surface area contributed by atoms with Gasteiger partial charge in [-0.25, -0.2) is 9.97 Å². The Hall–Kier alpha value is -1.29. The van der Waals surface area contributed by atoms with Crippen molar-refractivity contribution in [1.29, 1.82) is 0 Å². The van der Waals surface area contributed by atoms with Crippen LogP contribution in [0.15, 0.2) is 18.6 Å². The highest BCUT2D eigenvalue weighted by molar-refractivity contribution is 6.18. The zero-order chi connectivity index (χ0) is 14.0. The van der Waals surface area contributed by atoms with E-state index in [1.807, 2.05) is 30.2 Å². The molecule has 1 aliphatic carbocycles. The lowest BCUT2D eigenvalue weighted by Gasteiger charge is -2.35. The first kappa shape index (κ1) is 13.7. The van der Waals surface area contributed by atoms with Crippen molar-refractivity contribution in [1.82, 2.24) is 14.5 Å². The Morgan fingerprint density at radius 2 is 2.10 bits per heavy atom. The van der Waals surface area contributed by atoms with Crippen molar-refractivity contribution < 1.29 is 0 Å². The van der Waals surface area contributed by atoms with E-state index in [0.717, 1.165) is 29.3 Å². The fourth-order valence-corrected chi connectivity index (χ4v) is 3.48. The van der Waals surface area contributed by atoms with E-state index in [1.54, 1.807) is 0 Å². The molecule has 2 aromatic rings. The SMILES string of the molecule is Cn1cnc2c(NCC3(CCl)CCCCC3)nccc21. The number of aryl methyl sites for hydroxylation is 1. The van der Waals surface area contributed by atoms with E-state index in [-0.39, 0.29) is 5.41 Å². The molecule has 0 saturated heterocycles. The molecule has 1 aliphatic rings. The average Bonchev–Trinajstić information content (AvgIpc) is 2.88. The van der Waals surface area contributed by atoms with Crippen molar-refractivity contribution in [3.8, 4) is 0 Å². The lowest BCUT2D eigenvalue weighted by atomic mass is 9.75. The van der Waals surface area contributed by atoms with Gasteiger partial charge in [0.1, 0.15) is 5.52 Å². The van der Waals surface area contributed by atoms with Crippen LogP contribution in [0.4, 0.5) is 5.82 Å². The molecule has 1 N–H and O–H groups in total. The molecule has 4 nitrogen and oxygen atoms in total. The van der Waals surface area contributed by atoms with E-state index in [4.69, 9.17) is 11.6 Å². The first-order valence-electron chi connectivity index (χ1n) is 7.30. The molecule has 0 amide bonds. The molecule has 3 rings (SSSR count). The normalized spacial score (nSPS) is 18.3. The number of aromatic nitrogens is 3. The number of rotatable bonds is 4. The van der Waals surface area contributed by atoms with Crippen LogP contribution in [0.3, 0.4) is 0 Å². The molecular weight excluding hydrogens is 272 g/mol. The number of anilines is 1. The zero-order valence-electron chi connectivity index (χ0n) is 11.9. The quantitative estimate of drug-likeness (QED) is 0.876. The highest BCUT2D eigenvalue weighted by Gasteiger charge is 2.31. The van der Waals surface area contributed by atoms with E-state index in [2.05, 4.69) is 15.3 Å². The van der Waals surface area contributed by atoms with E-state index in [1.165, 1.54) is 32.1 Å². The number of pyridine rings is 1. The molecule has 20 heavy (non-hydrogen) atoms. The van der Waals surface area contributed by atoms with Crippen molar-refractivity contribution >= 4 is 28.5 Å². The molecule has 1 fully saturated rings. The highest BCUT2D eigenvalue weighted by atomic mass is 35.5. The second-order valence-corrected chi connectivity index (χ2v) is 6.20. The standard InChI is InChI=1S/C15H21ClN4/c1-20-11-19-13-12(20)5-8-17-14(13)18-10-15(9-16)6-3-2-4-7-15/h5,8,11H,2-4,6-7,9-10H2,1H3,(H,17,18). The minimum absolute atomic E-state index is 0.221. The van der Waals surface area contributed by atoms with Crippen molar-refractivity contribution in [3.05, 3.63) is 18.6 Å². The fourth-order valence-electron chi connectivity index (χ4n) is 3.12. The minimum atomic E-state index is 0.221. The molecule has 0 aromatic carbocycles. The number of imidazole rings is 1. The molecule has 0 aliphatic heterocycles. The number of halogens is 1. The molecule has 0 atom stereocenters. The second kappa shape index (κ2) is 5.60. The number of nitrogens with zero attached hydrogens (tertiary/aromatic N) is 3. The van der Waals surface area contributed by atoms with Crippen molar-refractivity contribution in [2.24, 2.45) is 12.5 Å². The molecular formula is C15H21ClN4. The summed E-state index contributed by atoms with van der Waals surface area (Å²) in [5.74, 6) is 1.59. The number of hydrogen-bond acceptors (Lipinski definition) is 3. The monoisotopic (exact) mass is 292 g/mol. The molecule has 108 valence electrons.